The summed E-state index contributed by atoms with van der Waals surface area (Å²) in [5, 5.41) is 5.02. The minimum absolute atomic E-state index is 0.636. The van der Waals surface area contributed by atoms with Gasteiger partial charge in [-0.05, 0) is 89.3 Å². The average molecular weight is 801 g/mol. The summed E-state index contributed by atoms with van der Waals surface area (Å²) in [5.74, 6) is 1.31. The summed E-state index contributed by atoms with van der Waals surface area (Å²) in [6.45, 7) is 0. The number of nitrogens with zero attached hydrogens (tertiary/aromatic N) is 4. The Hall–Kier alpha value is -8.34. The highest BCUT2D eigenvalue weighted by atomic mass is 14.9. The Labute approximate surface area is 364 Å². The van der Waals surface area contributed by atoms with Gasteiger partial charge in [0.05, 0.1) is 16.8 Å². The molecule has 2 aromatic heterocycles. The molecule has 0 fully saturated rings. The molecule has 13 rings (SSSR count). The fraction of sp³-hybridized carbons (Fsp3) is 0.0169. The molecule has 2 aliphatic carbocycles. The monoisotopic (exact) mass is 800 g/mol. The highest BCUT2D eigenvalue weighted by Crippen LogP contribution is 2.64. The van der Waals surface area contributed by atoms with Crippen molar-refractivity contribution in [2.45, 2.75) is 5.41 Å². The van der Waals surface area contributed by atoms with E-state index in [0.717, 1.165) is 33.6 Å². The van der Waals surface area contributed by atoms with Gasteiger partial charge in [0.15, 0.2) is 11.6 Å². The van der Waals surface area contributed by atoms with Crippen LogP contribution in [0.5, 0.6) is 0 Å². The fourth-order valence-corrected chi connectivity index (χ4v) is 10.6. The minimum atomic E-state index is -0.711. The van der Waals surface area contributed by atoms with E-state index in [1.54, 1.807) is 0 Å². The van der Waals surface area contributed by atoms with Crippen molar-refractivity contribution < 1.29 is 0 Å². The Morgan fingerprint density at radius 3 is 1.48 bits per heavy atom. The van der Waals surface area contributed by atoms with Crippen molar-refractivity contribution in [1.29, 1.82) is 0 Å². The summed E-state index contributed by atoms with van der Waals surface area (Å²) in [5.41, 5.74) is 17.1. The van der Waals surface area contributed by atoms with Crippen LogP contribution in [0.15, 0.2) is 219 Å². The van der Waals surface area contributed by atoms with Crippen molar-refractivity contribution >= 4 is 21.5 Å². The third-order valence-electron chi connectivity index (χ3n) is 13.2. The van der Waals surface area contributed by atoms with E-state index >= 15 is 0 Å². The molecule has 9 aromatic carbocycles. The van der Waals surface area contributed by atoms with Gasteiger partial charge in [-0.2, -0.15) is 0 Å². The lowest BCUT2D eigenvalue weighted by molar-refractivity contribution is 0.783. The molecule has 1 spiro atoms. The molecule has 0 saturated heterocycles. The second kappa shape index (κ2) is 13.8. The van der Waals surface area contributed by atoms with Crippen LogP contribution in [0.1, 0.15) is 22.3 Å². The molecule has 2 aliphatic rings. The molecule has 2 heterocycles. The fourth-order valence-electron chi connectivity index (χ4n) is 10.6. The number of hydrogen-bond donors (Lipinski definition) is 0. The van der Waals surface area contributed by atoms with Crippen molar-refractivity contribution in [3.05, 3.63) is 241 Å². The highest BCUT2D eigenvalue weighted by molar-refractivity contribution is 6.19. The lowest BCUT2D eigenvalue weighted by Crippen LogP contribution is -2.29. The zero-order valence-electron chi connectivity index (χ0n) is 34.1. The van der Waals surface area contributed by atoms with Crippen LogP contribution in [0.2, 0.25) is 0 Å². The molecule has 63 heavy (non-hydrogen) atoms. The van der Waals surface area contributed by atoms with E-state index in [2.05, 4.69) is 170 Å². The summed E-state index contributed by atoms with van der Waals surface area (Å²) in [6.07, 6.45) is 3.75. The van der Waals surface area contributed by atoms with E-state index in [9.17, 15) is 0 Å². The van der Waals surface area contributed by atoms with E-state index in [0.29, 0.717) is 11.6 Å². The Morgan fingerprint density at radius 2 is 0.794 bits per heavy atom. The van der Waals surface area contributed by atoms with Gasteiger partial charge >= 0.3 is 0 Å². The summed E-state index contributed by atoms with van der Waals surface area (Å²) in [7, 11) is 0. The van der Waals surface area contributed by atoms with Crippen LogP contribution < -0.4 is 0 Å². The molecule has 0 N–H and O–H groups in total. The van der Waals surface area contributed by atoms with Gasteiger partial charge in [-0.3, -0.25) is 0 Å². The van der Waals surface area contributed by atoms with E-state index in [1.165, 1.54) is 77.2 Å². The predicted octanol–water partition coefficient (Wildman–Crippen LogP) is 14.3. The Kier molecular flexibility index (Phi) is 7.79. The number of aromatic nitrogens is 4. The molecule has 0 radical (unpaired) electrons. The first-order valence-corrected chi connectivity index (χ1v) is 21.5. The molecular weight excluding hydrogens is 765 g/mol. The third-order valence-corrected chi connectivity index (χ3v) is 13.2. The first-order valence-electron chi connectivity index (χ1n) is 21.5. The SMILES string of the molecule is c1ccc(-c2cc(-c3cnc(-c4ccccc4)nc3)nc(-c3ccc4c(c3)C3(c5ccccc5-c5ccccc5-4)c4ccccc4-c4c3c3ccccc3c3ccccc43)n2)cc1. The average Bonchev–Trinajstić information content (AvgIpc) is 3.63. The van der Waals surface area contributed by atoms with Crippen molar-refractivity contribution in [3.63, 3.8) is 0 Å². The van der Waals surface area contributed by atoms with Crippen molar-refractivity contribution in [2.24, 2.45) is 0 Å². The van der Waals surface area contributed by atoms with E-state index < -0.39 is 5.41 Å². The largest absolute Gasteiger partial charge is 0.236 e. The van der Waals surface area contributed by atoms with Gasteiger partial charge in [0.2, 0.25) is 0 Å². The van der Waals surface area contributed by atoms with Gasteiger partial charge in [0, 0.05) is 34.6 Å². The summed E-state index contributed by atoms with van der Waals surface area (Å²) < 4.78 is 0. The Morgan fingerprint density at radius 1 is 0.302 bits per heavy atom. The van der Waals surface area contributed by atoms with Gasteiger partial charge in [0.1, 0.15) is 0 Å². The van der Waals surface area contributed by atoms with Crippen LogP contribution in [0.3, 0.4) is 0 Å². The van der Waals surface area contributed by atoms with Crippen LogP contribution in [-0.4, -0.2) is 19.9 Å². The molecule has 11 aromatic rings. The van der Waals surface area contributed by atoms with Crippen molar-refractivity contribution in [2.75, 3.05) is 0 Å². The zero-order chi connectivity index (χ0) is 41.5. The van der Waals surface area contributed by atoms with Gasteiger partial charge in [-0.1, -0.05) is 194 Å². The van der Waals surface area contributed by atoms with Crippen LogP contribution in [0, 0.1) is 0 Å². The number of fused-ring (bicyclic) bond motifs is 17. The maximum Gasteiger partial charge on any atom is 0.160 e. The second-order valence-corrected chi connectivity index (χ2v) is 16.5. The minimum Gasteiger partial charge on any atom is -0.236 e. The third kappa shape index (κ3) is 5.22. The topological polar surface area (TPSA) is 51.6 Å². The van der Waals surface area contributed by atoms with Gasteiger partial charge in [0.25, 0.3) is 0 Å². The number of benzene rings is 9. The molecule has 4 heteroatoms. The van der Waals surface area contributed by atoms with Crippen LogP contribution in [-0.2, 0) is 5.41 Å². The van der Waals surface area contributed by atoms with Crippen molar-refractivity contribution in [3.8, 4) is 78.7 Å². The van der Waals surface area contributed by atoms with Gasteiger partial charge in [-0.25, -0.2) is 19.9 Å². The smallest absolute Gasteiger partial charge is 0.160 e. The summed E-state index contributed by atoms with van der Waals surface area (Å²) in [6, 6.07) is 74.4. The first kappa shape index (κ1) is 35.4. The summed E-state index contributed by atoms with van der Waals surface area (Å²) in [4.78, 5) is 20.3. The maximum atomic E-state index is 5.37. The van der Waals surface area contributed by atoms with Crippen LogP contribution in [0.25, 0.3) is 100 Å². The van der Waals surface area contributed by atoms with Gasteiger partial charge < -0.3 is 0 Å². The van der Waals surface area contributed by atoms with E-state index in [-0.39, 0.29) is 0 Å². The molecular formula is C59H36N4. The predicted molar refractivity (Wildman–Crippen MR) is 256 cm³/mol. The molecule has 0 saturated carbocycles. The van der Waals surface area contributed by atoms with Gasteiger partial charge in [-0.15, -0.1) is 0 Å². The highest BCUT2D eigenvalue weighted by Gasteiger charge is 2.51. The lowest BCUT2D eigenvalue weighted by atomic mass is 9.64. The molecule has 0 bridgehead atoms. The normalized spacial score (nSPS) is 14.4. The molecule has 1 atom stereocenters. The Balaban J connectivity index is 1.14. The standard InChI is InChI=1S/C59H36N4/c1-3-17-37(18-4-1)53-34-54(40-35-60-57(61-36-40)38-19-5-2-6-20-38)63-58(62-53)39-31-32-46-42-22-8-7-21-41(42)45-25-13-15-29-50(45)59(52(46)33-39)51-30-16-14-28-49(51)55-47-26-11-9-23-43(47)44-24-10-12-27-48(44)56(55)59/h1-36H. The van der Waals surface area contributed by atoms with E-state index in [1.807, 2.05) is 48.8 Å². The van der Waals surface area contributed by atoms with Crippen LogP contribution >= 0.6 is 0 Å². The van der Waals surface area contributed by atoms with Crippen LogP contribution in [0.4, 0.5) is 0 Å². The molecule has 4 nitrogen and oxygen atoms in total. The maximum absolute atomic E-state index is 5.37. The quantitative estimate of drug-likeness (QED) is 0.166. The molecule has 1 unspecified atom stereocenters. The molecule has 292 valence electrons. The Bertz CT molecular complexity index is 3620. The second-order valence-electron chi connectivity index (χ2n) is 16.5. The zero-order valence-corrected chi connectivity index (χ0v) is 34.1. The van der Waals surface area contributed by atoms with E-state index in [4.69, 9.17) is 19.9 Å². The summed E-state index contributed by atoms with van der Waals surface area (Å²) >= 11 is 0. The molecule has 0 aliphatic heterocycles. The van der Waals surface area contributed by atoms with Crippen molar-refractivity contribution in [1.82, 2.24) is 19.9 Å². The lowest BCUT2D eigenvalue weighted by Gasteiger charge is -2.36. The first-order chi connectivity index (χ1) is 31.3. The molecule has 0 amide bonds. The number of rotatable bonds is 4. The number of hydrogen-bond acceptors (Lipinski definition) is 4.